The molecule has 0 N–H and O–H groups in total. The highest BCUT2D eigenvalue weighted by atomic mass is 16.5. The Bertz CT molecular complexity index is 1960. The van der Waals surface area contributed by atoms with Gasteiger partial charge in [0.05, 0.1) is 26.4 Å². The van der Waals surface area contributed by atoms with E-state index < -0.39 is 0 Å². The van der Waals surface area contributed by atoms with Gasteiger partial charge in [0.1, 0.15) is 11.5 Å². The molecule has 0 aliphatic heterocycles. The van der Waals surface area contributed by atoms with Crippen LogP contribution < -0.4 is 18.9 Å². The third-order valence-corrected chi connectivity index (χ3v) is 11.4. The Hall–Kier alpha value is -4.70. The second-order valence-corrected chi connectivity index (χ2v) is 16.0. The molecule has 0 unspecified atom stereocenters. The summed E-state index contributed by atoms with van der Waals surface area (Å²) < 4.78 is 26.9. The molecule has 4 heteroatoms. The number of hydrogen-bond donors (Lipinski definition) is 0. The second kappa shape index (κ2) is 23.0. The van der Waals surface area contributed by atoms with Crippen molar-refractivity contribution in [3.8, 4) is 45.3 Å². The first-order valence-corrected chi connectivity index (χ1v) is 22.8. The van der Waals surface area contributed by atoms with E-state index in [2.05, 4.69) is 125 Å². The normalized spacial score (nSPS) is 11.4. The molecule has 0 amide bonds. The average molecular weight is 781 g/mol. The van der Waals surface area contributed by atoms with Crippen LogP contribution in [0.2, 0.25) is 0 Å². The molecular formula is C54H68O4. The van der Waals surface area contributed by atoms with Gasteiger partial charge in [0, 0.05) is 11.1 Å². The molecule has 0 aliphatic carbocycles. The molecule has 0 bridgehead atoms. The Morgan fingerprint density at radius 2 is 0.569 bits per heavy atom. The Kier molecular flexibility index (Phi) is 17.0. The van der Waals surface area contributed by atoms with Crippen LogP contribution in [0.15, 0.2) is 97.1 Å². The molecule has 0 radical (unpaired) electrons. The number of hydrogen-bond acceptors (Lipinski definition) is 4. The molecule has 6 aromatic carbocycles. The lowest BCUT2D eigenvalue weighted by Crippen LogP contribution is -2.03. The zero-order valence-electron chi connectivity index (χ0n) is 36.0. The van der Waals surface area contributed by atoms with Crippen LogP contribution in [0.25, 0.3) is 54.6 Å². The second-order valence-electron chi connectivity index (χ2n) is 16.0. The summed E-state index contributed by atoms with van der Waals surface area (Å²) in [4.78, 5) is 0. The van der Waals surface area contributed by atoms with Crippen LogP contribution in [0.1, 0.15) is 130 Å². The Balaban J connectivity index is 1.60. The molecule has 0 fully saturated rings. The summed E-state index contributed by atoms with van der Waals surface area (Å²) in [5, 5.41) is 6.97. The Morgan fingerprint density at radius 1 is 0.293 bits per heavy atom. The highest BCUT2D eigenvalue weighted by molar-refractivity contribution is 6.27. The first-order valence-electron chi connectivity index (χ1n) is 22.8. The molecule has 58 heavy (non-hydrogen) atoms. The molecule has 6 aromatic rings. The van der Waals surface area contributed by atoms with Gasteiger partial charge in [0.15, 0.2) is 11.5 Å². The van der Waals surface area contributed by atoms with Crippen LogP contribution in [0.4, 0.5) is 0 Å². The summed E-state index contributed by atoms with van der Waals surface area (Å²) in [6.07, 6.45) is 18.5. The van der Waals surface area contributed by atoms with E-state index in [1.807, 2.05) is 0 Å². The minimum Gasteiger partial charge on any atom is -0.493 e. The van der Waals surface area contributed by atoms with Crippen molar-refractivity contribution in [2.75, 3.05) is 26.4 Å². The molecule has 0 atom stereocenters. The fraction of sp³-hybridized carbons (Fsp3) is 0.444. The summed E-state index contributed by atoms with van der Waals surface area (Å²) in [5.41, 5.74) is 4.51. The average Bonchev–Trinajstić information content (AvgIpc) is 3.26. The van der Waals surface area contributed by atoms with E-state index in [4.69, 9.17) is 18.9 Å². The van der Waals surface area contributed by atoms with Crippen LogP contribution >= 0.6 is 0 Å². The van der Waals surface area contributed by atoms with Crippen molar-refractivity contribution in [2.24, 2.45) is 0 Å². The summed E-state index contributed by atoms with van der Waals surface area (Å²) in [6.45, 7) is 11.7. The van der Waals surface area contributed by atoms with Crippen molar-refractivity contribution in [1.82, 2.24) is 0 Å². The van der Waals surface area contributed by atoms with Gasteiger partial charge in [-0.1, -0.05) is 165 Å². The van der Waals surface area contributed by atoms with Gasteiger partial charge < -0.3 is 18.9 Å². The molecule has 6 rings (SSSR count). The van der Waals surface area contributed by atoms with Gasteiger partial charge in [-0.05, 0) is 106 Å². The first kappa shape index (κ1) is 42.9. The van der Waals surface area contributed by atoms with Crippen LogP contribution in [-0.2, 0) is 0 Å². The number of ether oxygens (including phenoxy) is 4. The molecule has 0 heterocycles. The van der Waals surface area contributed by atoms with Crippen LogP contribution in [0.3, 0.4) is 0 Å². The van der Waals surface area contributed by atoms with E-state index in [1.54, 1.807) is 0 Å². The fourth-order valence-electron chi connectivity index (χ4n) is 8.05. The van der Waals surface area contributed by atoms with Gasteiger partial charge in [-0.2, -0.15) is 0 Å². The maximum absolute atomic E-state index is 6.76. The monoisotopic (exact) mass is 781 g/mol. The standard InChI is InChI=1S/C54H68O4/c1-5-9-13-23-31-55-51-37-47-45(35-43(51)41-27-19-17-20-28-41)49-39-53(57-33-25-15-11-7-3)54(58-34-26-16-12-8-4)40-50(49)46-36-44(42-29-21-18-22-30-42)52(38-48(46)47)56-32-24-14-10-6-2/h17-22,27-30,35-40H,5-16,23-26,31-34H2,1-4H3. The van der Waals surface area contributed by atoms with Gasteiger partial charge in [-0.15, -0.1) is 0 Å². The molecule has 0 spiro atoms. The van der Waals surface area contributed by atoms with E-state index in [0.29, 0.717) is 26.4 Å². The van der Waals surface area contributed by atoms with Crippen molar-refractivity contribution >= 4 is 32.3 Å². The summed E-state index contributed by atoms with van der Waals surface area (Å²) in [6, 6.07) is 35.3. The molecule has 0 aliphatic rings. The van der Waals surface area contributed by atoms with Crippen molar-refractivity contribution < 1.29 is 18.9 Å². The lowest BCUT2D eigenvalue weighted by Gasteiger charge is -2.21. The zero-order valence-corrected chi connectivity index (χ0v) is 36.0. The first-order chi connectivity index (χ1) is 28.7. The lowest BCUT2D eigenvalue weighted by molar-refractivity contribution is 0.259. The molecule has 308 valence electrons. The van der Waals surface area contributed by atoms with Crippen LogP contribution in [-0.4, -0.2) is 26.4 Å². The van der Waals surface area contributed by atoms with E-state index in [0.717, 1.165) is 105 Å². The minimum atomic E-state index is 0.672. The number of rotatable bonds is 26. The lowest BCUT2D eigenvalue weighted by atomic mass is 9.89. The third-order valence-electron chi connectivity index (χ3n) is 11.4. The van der Waals surface area contributed by atoms with E-state index >= 15 is 0 Å². The Labute approximate surface area is 349 Å². The van der Waals surface area contributed by atoms with Crippen molar-refractivity contribution in [1.29, 1.82) is 0 Å². The predicted molar refractivity (Wildman–Crippen MR) is 248 cm³/mol. The maximum atomic E-state index is 6.76. The molecule has 0 saturated carbocycles. The fourth-order valence-corrected chi connectivity index (χ4v) is 8.05. The zero-order chi connectivity index (χ0) is 40.4. The molecule has 4 nitrogen and oxygen atoms in total. The van der Waals surface area contributed by atoms with E-state index in [-0.39, 0.29) is 0 Å². The van der Waals surface area contributed by atoms with Crippen molar-refractivity contribution in [3.05, 3.63) is 97.1 Å². The predicted octanol–water partition coefficient (Wildman–Crippen LogP) is 16.3. The summed E-state index contributed by atoms with van der Waals surface area (Å²) >= 11 is 0. The maximum Gasteiger partial charge on any atom is 0.161 e. The summed E-state index contributed by atoms with van der Waals surface area (Å²) in [7, 11) is 0. The smallest absolute Gasteiger partial charge is 0.161 e. The van der Waals surface area contributed by atoms with Crippen LogP contribution in [0.5, 0.6) is 23.0 Å². The highest BCUT2D eigenvalue weighted by Gasteiger charge is 2.20. The van der Waals surface area contributed by atoms with Crippen molar-refractivity contribution in [3.63, 3.8) is 0 Å². The van der Waals surface area contributed by atoms with Crippen LogP contribution in [0, 0.1) is 0 Å². The largest absolute Gasteiger partial charge is 0.493 e. The number of unbranched alkanes of at least 4 members (excludes halogenated alkanes) is 12. The Morgan fingerprint density at radius 3 is 0.879 bits per heavy atom. The quantitative estimate of drug-likeness (QED) is 0.0406. The van der Waals surface area contributed by atoms with Crippen molar-refractivity contribution in [2.45, 2.75) is 130 Å². The number of benzene rings is 6. The number of fused-ring (bicyclic) bond motifs is 6. The topological polar surface area (TPSA) is 36.9 Å². The SMILES string of the molecule is CCCCCCOc1cc2c(cc1OCCCCCC)c1cc(-c3ccccc3)c(OCCCCCC)cc1c1cc(OCCCCCC)c(-c3ccccc3)cc21. The molecular weight excluding hydrogens is 713 g/mol. The minimum absolute atomic E-state index is 0.672. The highest BCUT2D eigenvalue weighted by Crippen LogP contribution is 2.47. The molecule has 0 aromatic heterocycles. The summed E-state index contributed by atoms with van der Waals surface area (Å²) in [5.74, 6) is 3.50. The van der Waals surface area contributed by atoms with Gasteiger partial charge >= 0.3 is 0 Å². The van der Waals surface area contributed by atoms with Gasteiger partial charge in [0.2, 0.25) is 0 Å². The molecule has 0 saturated heterocycles. The van der Waals surface area contributed by atoms with Gasteiger partial charge in [-0.25, -0.2) is 0 Å². The van der Waals surface area contributed by atoms with Gasteiger partial charge in [-0.3, -0.25) is 0 Å². The van der Waals surface area contributed by atoms with E-state index in [9.17, 15) is 0 Å². The van der Waals surface area contributed by atoms with E-state index in [1.165, 1.54) is 75.0 Å². The third kappa shape index (κ3) is 11.3. The van der Waals surface area contributed by atoms with Gasteiger partial charge in [0.25, 0.3) is 0 Å².